The minimum atomic E-state index is -0.847. The Hall–Kier alpha value is -1.79. The summed E-state index contributed by atoms with van der Waals surface area (Å²) in [6.07, 6.45) is 4.68. The van der Waals surface area contributed by atoms with Gasteiger partial charge in [0.15, 0.2) is 0 Å². The molecular weight excluding hydrogens is 326 g/mol. The highest BCUT2D eigenvalue weighted by Crippen LogP contribution is 2.10. The highest BCUT2D eigenvalue weighted by molar-refractivity contribution is 5.68. The average Bonchev–Trinajstić information content (AvgIpc) is 2.46. The number of ether oxygens (including phenoxy) is 1. The fraction of sp³-hybridized carbons (Fsp3) is 0.833. The Kier molecular flexibility index (Phi) is 14.8. The number of aliphatic carboxylic acids is 2. The zero-order valence-corrected chi connectivity index (χ0v) is 16.3. The monoisotopic (exact) mass is 361 g/mol. The number of carboxylic acid groups (broad SMARTS) is 2. The maximum absolute atomic E-state index is 11.6. The molecule has 0 aromatic carbocycles. The van der Waals surface area contributed by atoms with Crippen molar-refractivity contribution in [2.75, 3.05) is 13.1 Å². The quantitative estimate of drug-likeness (QED) is 0.566. The summed E-state index contributed by atoms with van der Waals surface area (Å²) in [4.78, 5) is 33.4. The molecule has 0 rings (SSSR count). The smallest absolute Gasteiger partial charge is 0.410 e. The SMILES string of the molecule is CCCCCCC(=O)O.CCN(CCCC(=O)O)C(=O)OC(C)(C)C. The molecule has 25 heavy (non-hydrogen) atoms. The molecule has 7 nitrogen and oxygen atoms in total. The molecule has 2 N–H and O–H groups in total. The molecule has 0 fully saturated rings. The fourth-order valence-corrected chi connectivity index (χ4v) is 1.83. The van der Waals surface area contributed by atoms with Crippen molar-refractivity contribution in [3.05, 3.63) is 0 Å². The Balaban J connectivity index is 0. The van der Waals surface area contributed by atoms with E-state index in [4.69, 9.17) is 14.9 Å². The molecule has 0 aromatic rings. The van der Waals surface area contributed by atoms with Gasteiger partial charge in [-0.1, -0.05) is 26.2 Å². The topological polar surface area (TPSA) is 104 Å². The van der Waals surface area contributed by atoms with Crippen molar-refractivity contribution in [3.63, 3.8) is 0 Å². The number of carbonyl (C=O) groups is 3. The number of hydrogen-bond donors (Lipinski definition) is 2. The predicted octanol–water partition coefficient (Wildman–Crippen LogP) is 4.15. The first-order valence-corrected chi connectivity index (χ1v) is 8.95. The molecule has 0 bridgehead atoms. The lowest BCUT2D eigenvalue weighted by Crippen LogP contribution is -2.37. The average molecular weight is 361 g/mol. The molecular formula is C18H35NO6. The van der Waals surface area contributed by atoms with E-state index in [-0.39, 0.29) is 12.5 Å². The minimum absolute atomic E-state index is 0.0687. The van der Waals surface area contributed by atoms with Crippen molar-refractivity contribution >= 4 is 18.0 Å². The van der Waals surface area contributed by atoms with Crippen LogP contribution in [0.1, 0.15) is 79.6 Å². The largest absolute Gasteiger partial charge is 0.481 e. The van der Waals surface area contributed by atoms with E-state index in [2.05, 4.69) is 6.92 Å². The molecule has 0 aliphatic rings. The molecule has 0 saturated heterocycles. The third kappa shape index (κ3) is 20.2. The van der Waals surface area contributed by atoms with Crippen LogP contribution >= 0.6 is 0 Å². The highest BCUT2D eigenvalue weighted by Gasteiger charge is 2.20. The second-order valence-electron chi connectivity index (χ2n) is 6.76. The lowest BCUT2D eigenvalue weighted by molar-refractivity contribution is -0.138. The van der Waals surface area contributed by atoms with Gasteiger partial charge in [-0.2, -0.15) is 0 Å². The molecule has 0 atom stereocenters. The predicted molar refractivity (Wildman–Crippen MR) is 96.7 cm³/mol. The maximum Gasteiger partial charge on any atom is 0.410 e. The lowest BCUT2D eigenvalue weighted by Gasteiger charge is -2.26. The Morgan fingerprint density at radius 3 is 1.80 bits per heavy atom. The van der Waals surface area contributed by atoms with Crippen molar-refractivity contribution < 1.29 is 29.3 Å². The third-order valence-corrected chi connectivity index (χ3v) is 3.10. The molecule has 1 amide bonds. The van der Waals surface area contributed by atoms with E-state index in [1.54, 1.807) is 20.8 Å². The molecule has 0 aliphatic carbocycles. The summed E-state index contributed by atoms with van der Waals surface area (Å²) in [6, 6.07) is 0. The van der Waals surface area contributed by atoms with Crippen molar-refractivity contribution in [2.45, 2.75) is 85.2 Å². The van der Waals surface area contributed by atoms with Gasteiger partial charge in [-0.15, -0.1) is 0 Å². The van der Waals surface area contributed by atoms with Crippen LogP contribution in [0, 0.1) is 0 Å². The van der Waals surface area contributed by atoms with Crippen LogP contribution in [-0.2, 0) is 14.3 Å². The van der Waals surface area contributed by atoms with Crippen molar-refractivity contribution in [1.82, 2.24) is 4.90 Å². The second-order valence-corrected chi connectivity index (χ2v) is 6.76. The Morgan fingerprint density at radius 2 is 1.40 bits per heavy atom. The Bertz CT molecular complexity index is 390. The summed E-state index contributed by atoms with van der Waals surface area (Å²) in [7, 11) is 0. The Morgan fingerprint density at radius 1 is 0.880 bits per heavy atom. The number of carbonyl (C=O) groups excluding carboxylic acids is 1. The third-order valence-electron chi connectivity index (χ3n) is 3.10. The molecule has 0 spiro atoms. The van der Waals surface area contributed by atoms with Crippen LogP contribution in [-0.4, -0.2) is 51.8 Å². The van der Waals surface area contributed by atoms with Gasteiger partial charge in [0, 0.05) is 25.9 Å². The van der Waals surface area contributed by atoms with Crippen LogP contribution in [0.4, 0.5) is 4.79 Å². The molecule has 0 heterocycles. The van der Waals surface area contributed by atoms with Gasteiger partial charge < -0.3 is 19.8 Å². The molecule has 7 heteroatoms. The van der Waals surface area contributed by atoms with Gasteiger partial charge >= 0.3 is 18.0 Å². The maximum atomic E-state index is 11.6. The van der Waals surface area contributed by atoms with E-state index in [0.717, 1.165) is 19.3 Å². The van der Waals surface area contributed by atoms with Gasteiger partial charge in [0.2, 0.25) is 0 Å². The van der Waals surface area contributed by atoms with Gasteiger partial charge in [0.25, 0.3) is 0 Å². The summed E-state index contributed by atoms with van der Waals surface area (Å²) >= 11 is 0. The van der Waals surface area contributed by atoms with E-state index in [1.807, 2.05) is 6.92 Å². The van der Waals surface area contributed by atoms with Crippen LogP contribution in [0.15, 0.2) is 0 Å². The van der Waals surface area contributed by atoms with Crippen molar-refractivity contribution in [3.8, 4) is 0 Å². The summed E-state index contributed by atoms with van der Waals surface area (Å²) < 4.78 is 5.19. The molecule has 148 valence electrons. The zero-order valence-electron chi connectivity index (χ0n) is 16.3. The number of nitrogens with zero attached hydrogens (tertiary/aromatic N) is 1. The molecule has 0 saturated carbocycles. The van der Waals surface area contributed by atoms with Gasteiger partial charge in [-0.05, 0) is 40.5 Å². The van der Waals surface area contributed by atoms with Gasteiger partial charge in [-0.3, -0.25) is 9.59 Å². The standard InChI is InChI=1S/C11H21NO4.C7H14O2/c1-5-12(8-6-7-9(13)14)10(15)16-11(2,3)4;1-2-3-4-5-6-7(8)9/h5-8H2,1-4H3,(H,13,14);2-6H2,1H3,(H,8,9). The normalized spacial score (nSPS) is 10.4. The van der Waals surface area contributed by atoms with E-state index in [9.17, 15) is 14.4 Å². The number of hydrogen-bond acceptors (Lipinski definition) is 4. The highest BCUT2D eigenvalue weighted by atomic mass is 16.6. The van der Waals surface area contributed by atoms with Crippen LogP contribution in [0.2, 0.25) is 0 Å². The molecule has 0 unspecified atom stereocenters. The first-order valence-electron chi connectivity index (χ1n) is 8.95. The Labute approximate surface area is 151 Å². The zero-order chi connectivity index (χ0) is 19.9. The van der Waals surface area contributed by atoms with E-state index in [1.165, 1.54) is 11.3 Å². The number of rotatable bonds is 10. The van der Waals surface area contributed by atoms with Crippen LogP contribution < -0.4 is 0 Å². The minimum Gasteiger partial charge on any atom is -0.481 e. The number of amides is 1. The van der Waals surface area contributed by atoms with E-state index >= 15 is 0 Å². The first-order chi connectivity index (χ1) is 11.5. The second kappa shape index (κ2) is 14.5. The van der Waals surface area contributed by atoms with Crippen LogP contribution in [0.25, 0.3) is 0 Å². The molecule has 0 aromatic heterocycles. The van der Waals surface area contributed by atoms with Crippen molar-refractivity contribution in [2.24, 2.45) is 0 Å². The summed E-state index contributed by atoms with van der Waals surface area (Å²) in [5, 5.41) is 16.7. The lowest BCUT2D eigenvalue weighted by atomic mass is 10.2. The summed E-state index contributed by atoms with van der Waals surface area (Å²) in [6.45, 7) is 10.3. The van der Waals surface area contributed by atoms with Crippen LogP contribution in [0.3, 0.4) is 0 Å². The van der Waals surface area contributed by atoms with Gasteiger partial charge in [0.1, 0.15) is 5.60 Å². The molecule has 0 aliphatic heterocycles. The first kappa shape index (κ1) is 25.5. The van der Waals surface area contributed by atoms with Crippen LogP contribution in [0.5, 0.6) is 0 Å². The van der Waals surface area contributed by atoms with Gasteiger partial charge in [-0.25, -0.2) is 4.79 Å². The molecule has 0 radical (unpaired) electrons. The van der Waals surface area contributed by atoms with E-state index in [0.29, 0.717) is 25.9 Å². The number of unbranched alkanes of at least 4 members (excludes halogenated alkanes) is 3. The fourth-order valence-electron chi connectivity index (χ4n) is 1.83. The van der Waals surface area contributed by atoms with Crippen molar-refractivity contribution in [1.29, 1.82) is 0 Å². The summed E-state index contributed by atoms with van der Waals surface area (Å²) in [5.41, 5.74) is -0.517. The van der Waals surface area contributed by atoms with Gasteiger partial charge in [0.05, 0.1) is 0 Å². The number of carboxylic acids is 2. The van der Waals surface area contributed by atoms with E-state index < -0.39 is 17.5 Å². The summed E-state index contributed by atoms with van der Waals surface area (Å²) in [5.74, 6) is -1.52.